The first-order chi connectivity index (χ1) is 7.21. The summed E-state index contributed by atoms with van der Waals surface area (Å²) >= 11 is 0. The monoisotopic (exact) mass is 223 g/mol. The van der Waals surface area contributed by atoms with E-state index in [0.717, 1.165) is 17.9 Å². The largest absolute Gasteiger partial charge is 0.384 e. The molecule has 1 aromatic heterocycles. The first kappa shape index (κ1) is 11.5. The summed E-state index contributed by atoms with van der Waals surface area (Å²) in [6.45, 7) is 10.4. The molecule has 4 heteroatoms. The van der Waals surface area contributed by atoms with E-state index in [1.807, 2.05) is 17.7 Å². The van der Waals surface area contributed by atoms with Crippen molar-refractivity contribution in [3.8, 4) is 0 Å². The molecule has 1 aliphatic rings. The average molecular weight is 223 g/mol. The Kier molecular flexibility index (Phi) is 2.31. The lowest BCUT2D eigenvalue weighted by Gasteiger charge is -2.27. The predicted molar refractivity (Wildman–Crippen MR) is 64.3 cm³/mol. The number of nitrogens with two attached hydrogens (primary N) is 1. The van der Waals surface area contributed by atoms with Crippen molar-refractivity contribution in [3.63, 3.8) is 0 Å². The highest BCUT2D eigenvalue weighted by Crippen LogP contribution is 2.45. The molecule has 2 heterocycles. The van der Waals surface area contributed by atoms with Gasteiger partial charge in [-0.3, -0.25) is 0 Å². The lowest BCUT2D eigenvalue weighted by Crippen LogP contribution is -2.32. The molecule has 0 spiro atoms. The molecule has 0 aromatic carbocycles. The number of ether oxygens (including phenoxy) is 1. The highest BCUT2D eigenvalue weighted by atomic mass is 16.5. The normalized spacial score (nSPS) is 27.2. The summed E-state index contributed by atoms with van der Waals surface area (Å²) in [5.41, 5.74) is 6.60. The lowest BCUT2D eigenvalue weighted by molar-refractivity contribution is -0.0736. The molecular formula is C12H21N3O. The van der Waals surface area contributed by atoms with Crippen LogP contribution in [-0.4, -0.2) is 21.0 Å². The van der Waals surface area contributed by atoms with Crippen molar-refractivity contribution >= 4 is 5.82 Å². The number of hydrogen-bond acceptors (Lipinski definition) is 3. The van der Waals surface area contributed by atoms with Crippen LogP contribution in [0.1, 0.15) is 45.9 Å². The second-order valence-electron chi connectivity index (χ2n) is 5.84. The van der Waals surface area contributed by atoms with Crippen LogP contribution in [0.15, 0.2) is 6.07 Å². The van der Waals surface area contributed by atoms with Gasteiger partial charge in [-0.25, -0.2) is 4.68 Å². The summed E-state index contributed by atoms with van der Waals surface area (Å²) in [4.78, 5) is 0. The second kappa shape index (κ2) is 3.23. The maximum atomic E-state index is 6.05. The van der Waals surface area contributed by atoms with Crippen molar-refractivity contribution in [3.05, 3.63) is 11.8 Å². The Morgan fingerprint density at radius 2 is 2.06 bits per heavy atom. The van der Waals surface area contributed by atoms with Gasteiger partial charge in [0.05, 0.1) is 22.9 Å². The van der Waals surface area contributed by atoms with E-state index in [0.29, 0.717) is 0 Å². The van der Waals surface area contributed by atoms with Gasteiger partial charge in [0.25, 0.3) is 0 Å². The van der Waals surface area contributed by atoms with Gasteiger partial charge >= 0.3 is 0 Å². The van der Waals surface area contributed by atoms with Crippen molar-refractivity contribution in [2.45, 2.75) is 58.3 Å². The number of rotatable bonds is 1. The average Bonchev–Trinajstić information content (AvgIpc) is 2.48. The maximum absolute atomic E-state index is 6.05. The summed E-state index contributed by atoms with van der Waals surface area (Å²) in [6, 6.07) is 2.11. The van der Waals surface area contributed by atoms with Gasteiger partial charge in [-0.2, -0.15) is 5.10 Å². The third-order valence-corrected chi connectivity index (χ3v) is 3.21. The van der Waals surface area contributed by atoms with E-state index >= 15 is 0 Å². The summed E-state index contributed by atoms with van der Waals surface area (Å²) < 4.78 is 7.96. The fraction of sp³-hybridized carbons (Fsp3) is 0.750. The van der Waals surface area contributed by atoms with Crippen LogP contribution < -0.4 is 5.73 Å². The van der Waals surface area contributed by atoms with Crippen LogP contribution in [0.3, 0.4) is 0 Å². The van der Waals surface area contributed by atoms with E-state index in [4.69, 9.17) is 10.5 Å². The van der Waals surface area contributed by atoms with Crippen molar-refractivity contribution in [1.29, 1.82) is 0 Å². The smallest absolute Gasteiger partial charge is 0.122 e. The van der Waals surface area contributed by atoms with Gasteiger partial charge in [-0.05, 0) is 34.6 Å². The highest BCUT2D eigenvalue weighted by molar-refractivity contribution is 5.31. The Morgan fingerprint density at radius 1 is 1.44 bits per heavy atom. The van der Waals surface area contributed by atoms with E-state index in [1.54, 1.807) is 0 Å². The van der Waals surface area contributed by atoms with Gasteiger partial charge in [0.1, 0.15) is 5.82 Å². The molecule has 2 rings (SSSR count). The third-order valence-electron chi connectivity index (χ3n) is 3.21. The molecule has 16 heavy (non-hydrogen) atoms. The molecule has 1 atom stereocenters. The van der Waals surface area contributed by atoms with Crippen LogP contribution in [0.5, 0.6) is 0 Å². The van der Waals surface area contributed by atoms with Crippen LogP contribution in [0.25, 0.3) is 0 Å². The summed E-state index contributed by atoms with van der Waals surface area (Å²) in [7, 11) is 0. The van der Waals surface area contributed by atoms with Gasteiger partial charge in [0.2, 0.25) is 0 Å². The van der Waals surface area contributed by atoms with Crippen LogP contribution in [0.2, 0.25) is 0 Å². The van der Waals surface area contributed by atoms with E-state index in [9.17, 15) is 0 Å². The SMILES string of the molecule is Cc1cc(N)n(C2CC(C)(C)OC2(C)C)n1. The standard InChI is InChI=1S/C12H21N3O/c1-8-6-10(13)15(14-8)9-7-11(2,3)16-12(9,4)5/h6,9H,7,13H2,1-5H3. The molecule has 90 valence electrons. The first-order valence-electron chi connectivity index (χ1n) is 5.73. The lowest BCUT2D eigenvalue weighted by atomic mass is 9.95. The Bertz CT molecular complexity index is 406. The van der Waals surface area contributed by atoms with Crippen LogP contribution in [0, 0.1) is 6.92 Å². The van der Waals surface area contributed by atoms with Crippen molar-refractivity contribution < 1.29 is 4.74 Å². The van der Waals surface area contributed by atoms with Crippen molar-refractivity contribution in [2.75, 3.05) is 5.73 Å². The fourth-order valence-corrected chi connectivity index (χ4v) is 2.70. The summed E-state index contributed by atoms with van der Waals surface area (Å²) in [5, 5.41) is 4.47. The van der Waals surface area contributed by atoms with Crippen molar-refractivity contribution in [2.24, 2.45) is 0 Å². The van der Waals surface area contributed by atoms with Crippen LogP contribution in [-0.2, 0) is 4.74 Å². The van der Waals surface area contributed by atoms with Crippen molar-refractivity contribution in [1.82, 2.24) is 9.78 Å². The van der Waals surface area contributed by atoms with Gasteiger partial charge in [0, 0.05) is 12.5 Å². The predicted octanol–water partition coefficient (Wildman–Crippen LogP) is 2.29. The van der Waals surface area contributed by atoms with E-state index in [2.05, 4.69) is 32.8 Å². The minimum absolute atomic E-state index is 0.111. The Hall–Kier alpha value is -1.03. The zero-order valence-corrected chi connectivity index (χ0v) is 10.7. The number of anilines is 1. The van der Waals surface area contributed by atoms with Crippen LogP contribution in [0.4, 0.5) is 5.82 Å². The zero-order chi connectivity index (χ0) is 12.1. The molecule has 0 amide bonds. The molecule has 0 saturated carbocycles. The second-order valence-corrected chi connectivity index (χ2v) is 5.84. The Balaban J connectivity index is 2.38. The maximum Gasteiger partial charge on any atom is 0.122 e. The van der Waals surface area contributed by atoms with Gasteiger partial charge in [-0.15, -0.1) is 0 Å². The topological polar surface area (TPSA) is 53.1 Å². The molecule has 1 unspecified atom stereocenters. The number of hydrogen-bond donors (Lipinski definition) is 1. The number of nitrogens with zero attached hydrogens (tertiary/aromatic N) is 2. The molecular weight excluding hydrogens is 202 g/mol. The summed E-state index contributed by atoms with van der Waals surface area (Å²) in [6.07, 6.45) is 0.936. The van der Waals surface area contributed by atoms with E-state index in [1.165, 1.54) is 0 Å². The first-order valence-corrected chi connectivity index (χ1v) is 5.73. The minimum atomic E-state index is -0.226. The third kappa shape index (κ3) is 1.82. The fourth-order valence-electron chi connectivity index (χ4n) is 2.70. The Morgan fingerprint density at radius 3 is 2.44 bits per heavy atom. The molecule has 1 fully saturated rings. The molecule has 1 aromatic rings. The molecule has 0 aliphatic carbocycles. The number of nitrogen functional groups attached to an aromatic ring is 1. The highest BCUT2D eigenvalue weighted by Gasteiger charge is 2.47. The summed E-state index contributed by atoms with van der Waals surface area (Å²) in [5.74, 6) is 0.719. The quantitative estimate of drug-likeness (QED) is 0.794. The van der Waals surface area contributed by atoms with Crippen LogP contribution >= 0.6 is 0 Å². The molecule has 1 saturated heterocycles. The number of aromatic nitrogens is 2. The van der Waals surface area contributed by atoms with Gasteiger partial charge in [0.15, 0.2) is 0 Å². The minimum Gasteiger partial charge on any atom is -0.384 e. The number of aryl methyl sites for hydroxylation is 1. The molecule has 4 nitrogen and oxygen atoms in total. The van der Waals surface area contributed by atoms with Gasteiger partial charge < -0.3 is 10.5 Å². The zero-order valence-electron chi connectivity index (χ0n) is 10.7. The molecule has 0 bridgehead atoms. The van der Waals surface area contributed by atoms with E-state index < -0.39 is 0 Å². The van der Waals surface area contributed by atoms with E-state index in [-0.39, 0.29) is 17.2 Å². The van der Waals surface area contributed by atoms with Gasteiger partial charge in [-0.1, -0.05) is 0 Å². The molecule has 2 N–H and O–H groups in total. The molecule has 1 aliphatic heterocycles. The molecule has 0 radical (unpaired) electrons. The Labute approximate surface area is 96.8 Å².